The zero-order valence-corrected chi connectivity index (χ0v) is 16.4. The molecule has 13 heteroatoms. The summed E-state index contributed by atoms with van der Waals surface area (Å²) in [6.07, 6.45) is -1.27. The Balaban J connectivity index is 1.79. The van der Waals surface area contributed by atoms with Gasteiger partial charge in [-0.1, -0.05) is 0 Å². The first-order valence-corrected chi connectivity index (χ1v) is 10.6. The summed E-state index contributed by atoms with van der Waals surface area (Å²) in [4.78, 5) is 14.4. The summed E-state index contributed by atoms with van der Waals surface area (Å²) in [5.74, 6) is -2.21. The van der Waals surface area contributed by atoms with Gasteiger partial charge in [0.15, 0.2) is 11.6 Å². The number of rotatable bonds is 6. The first kappa shape index (κ1) is 21.6. The Bertz CT molecular complexity index is 848. The van der Waals surface area contributed by atoms with E-state index in [1.54, 1.807) is 0 Å². The highest BCUT2D eigenvalue weighted by Gasteiger charge is 2.33. The highest BCUT2D eigenvalue weighted by molar-refractivity contribution is 7.89. The quantitative estimate of drug-likeness (QED) is 0.530. The van der Waals surface area contributed by atoms with E-state index in [0.717, 1.165) is 21.4 Å². The third-order valence-electron chi connectivity index (χ3n) is 4.69. The third-order valence-corrected chi connectivity index (χ3v) is 6.38. The van der Waals surface area contributed by atoms with E-state index in [4.69, 9.17) is 15.6 Å². The number of carbonyl (C=O) groups excluding carboxylic acids is 1. The van der Waals surface area contributed by atoms with E-state index in [9.17, 15) is 22.0 Å². The number of nitrogens with one attached hydrogen (secondary N) is 1. The van der Waals surface area contributed by atoms with Crippen LogP contribution >= 0.6 is 0 Å². The summed E-state index contributed by atoms with van der Waals surface area (Å²) in [6.45, 7) is -0.0772. The molecule has 10 nitrogen and oxygen atoms in total. The Hall–Kier alpha value is -2.06. The molecule has 0 aliphatic carbocycles. The van der Waals surface area contributed by atoms with Crippen molar-refractivity contribution >= 4 is 27.5 Å². The predicted molar refractivity (Wildman–Crippen MR) is 101 cm³/mol. The molecule has 162 valence electrons. The van der Waals surface area contributed by atoms with Crippen LogP contribution in [-0.2, 0) is 14.8 Å². The van der Waals surface area contributed by atoms with Crippen LogP contribution in [0.5, 0.6) is 0 Å². The lowest BCUT2D eigenvalue weighted by molar-refractivity contribution is 0.145. The van der Waals surface area contributed by atoms with Crippen LogP contribution in [0.3, 0.4) is 0 Å². The molecule has 0 unspecified atom stereocenters. The van der Waals surface area contributed by atoms with E-state index in [0.29, 0.717) is 0 Å². The highest BCUT2D eigenvalue weighted by atomic mass is 32.2. The number of ether oxygens (including phenoxy) is 1. The minimum Gasteiger partial charge on any atom is -0.443 e. The number of hydrogen-bond acceptors (Lipinski definition) is 8. The van der Waals surface area contributed by atoms with Crippen molar-refractivity contribution in [3.8, 4) is 0 Å². The third kappa shape index (κ3) is 4.59. The molecule has 0 bridgehead atoms. The second-order valence-corrected chi connectivity index (χ2v) is 8.63. The van der Waals surface area contributed by atoms with E-state index in [1.807, 2.05) is 0 Å². The van der Waals surface area contributed by atoms with Crippen molar-refractivity contribution in [1.82, 2.24) is 9.84 Å². The number of nitrogens with two attached hydrogens (primary N) is 1. The van der Waals surface area contributed by atoms with E-state index >= 15 is 0 Å². The number of hydrazine groups is 1. The number of amides is 1. The number of hydrogen-bond donors (Lipinski definition) is 3. The molecule has 0 spiro atoms. The number of halogens is 2. The number of aliphatic hydroxyl groups is 1. The monoisotopic (exact) mass is 435 g/mol. The van der Waals surface area contributed by atoms with Crippen molar-refractivity contribution in [3.63, 3.8) is 0 Å². The van der Waals surface area contributed by atoms with E-state index in [-0.39, 0.29) is 50.6 Å². The number of nitrogens with zero attached hydrogens (tertiary/aromatic N) is 3. The fourth-order valence-corrected chi connectivity index (χ4v) is 4.36. The van der Waals surface area contributed by atoms with Crippen LogP contribution in [0.15, 0.2) is 12.1 Å². The molecule has 3 rings (SSSR count). The zero-order valence-electron chi connectivity index (χ0n) is 15.6. The molecular formula is C16H23F2N5O5S. The van der Waals surface area contributed by atoms with Crippen LogP contribution in [0.1, 0.15) is 0 Å². The Morgan fingerprint density at radius 2 is 1.93 bits per heavy atom. The van der Waals surface area contributed by atoms with Crippen molar-refractivity contribution < 1.29 is 31.8 Å². The fraction of sp³-hybridized carbons (Fsp3) is 0.562. The average Bonchev–Trinajstić information content (AvgIpc) is 2.86. The zero-order chi connectivity index (χ0) is 21.2. The van der Waals surface area contributed by atoms with Gasteiger partial charge in [-0.05, 0) is 0 Å². The fourth-order valence-electron chi connectivity index (χ4n) is 3.26. The lowest BCUT2D eigenvalue weighted by Gasteiger charge is -2.25. The molecule has 0 saturated carbocycles. The average molecular weight is 435 g/mol. The molecule has 2 heterocycles. The van der Waals surface area contributed by atoms with Crippen LogP contribution in [0, 0.1) is 11.6 Å². The minimum absolute atomic E-state index is 0.0183. The van der Waals surface area contributed by atoms with Gasteiger partial charge in [-0.15, -0.1) is 4.41 Å². The molecule has 1 aromatic carbocycles. The first-order chi connectivity index (χ1) is 13.8. The van der Waals surface area contributed by atoms with Crippen LogP contribution in [-0.4, -0.2) is 81.8 Å². The molecule has 1 aromatic rings. The Morgan fingerprint density at radius 1 is 1.24 bits per heavy atom. The van der Waals surface area contributed by atoms with Crippen LogP contribution in [0.25, 0.3) is 0 Å². The van der Waals surface area contributed by atoms with Gasteiger partial charge in [0.25, 0.3) is 0 Å². The summed E-state index contributed by atoms with van der Waals surface area (Å²) in [5.41, 5.74) is 7.87. The second kappa shape index (κ2) is 8.75. The molecular weight excluding hydrogens is 412 g/mol. The molecule has 0 aromatic heterocycles. The van der Waals surface area contributed by atoms with E-state index < -0.39 is 46.2 Å². The van der Waals surface area contributed by atoms with Gasteiger partial charge in [0.2, 0.25) is 10.0 Å². The number of anilines is 2. The van der Waals surface area contributed by atoms with Gasteiger partial charge in [-0.3, -0.25) is 4.90 Å². The molecule has 2 aliphatic heterocycles. The molecule has 1 atom stereocenters. The number of benzene rings is 1. The van der Waals surface area contributed by atoms with Crippen molar-refractivity contribution in [2.75, 3.05) is 61.4 Å². The first-order valence-electron chi connectivity index (χ1n) is 9.04. The van der Waals surface area contributed by atoms with Crippen LogP contribution in [0.2, 0.25) is 0 Å². The maximum atomic E-state index is 14.8. The molecule has 2 saturated heterocycles. The largest absolute Gasteiger partial charge is 0.443 e. The van der Waals surface area contributed by atoms with E-state index in [2.05, 4.69) is 5.43 Å². The number of sulfonamides is 1. The number of cyclic esters (lactones) is 1. The van der Waals surface area contributed by atoms with Gasteiger partial charge in [-0.25, -0.2) is 27.4 Å². The summed E-state index contributed by atoms with van der Waals surface area (Å²) in [6, 6.07) is 2.08. The van der Waals surface area contributed by atoms with Gasteiger partial charge >= 0.3 is 6.09 Å². The summed E-state index contributed by atoms with van der Waals surface area (Å²) >= 11 is 0. The summed E-state index contributed by atoms with van der Waals surface area (Å²) in [7, 11) is -3.72. The van der Waals surface area contributed by atoms with Gasteiger partial charge in [0, 0.05) is 44.9 Å². The summed E-state index contributed by atoms with van der Waals surface area (Å²) in [5, 5.41) is 8.89. The normalized spacial score (nSPS) is 21.4. The van der Waals surface area contributed by atoms with Crippen molar-refractivity contribution in [2.45, 2.75) is 6.10 Å². The molecule has 1 amide bonds. The maximum Gasteiger partial charge on any atom is 0.414 e. The van der Waals surface area contributed by atoms with Crippen molar-refractivity contribution in [2.24, 2.45) is 5.73 Å². The second-order valence-electron chi connectivity index (χ2n) is 6.62. The van der Waals surface area contributed by atoms with Crippen LogP contribution in [0.4, 0.5) is 25.0 Å². The lowest BCUT2D eigenvalue weighted by atomic mass is 10.2. The Labute approximate surface area is 166 Å². The Morgan fingerprint density at radius 3 is 2.52 bits per heavy atom. The van der Waals surface area contributed by atoms with E-state index in [1.165, 1.54) is 4.90 Å². The molecule has 4 N–H and O–H groups in total. The van der Waals surface area contributed by atoms with Gasteiger partial charge in [0.1, 0.15) is 11.8 Å². The standard InChI is InChI=1S/C16H23F2N5O5S/c17-13-7-11(22-10-12(9-19)28-16(22)25)8-14(18)15(13)21-2-1-20-23(4-3-21)29(26,27)6-5-24/h7-8,12,20,24H,1-6,9-10,19H2/t12-/m0/s1. The topological polar surface area (TPSA) is 128 Å². The maximum absolute atomic E-state index is 14.8. The molecule has 29 heavy (non-hydrogen) atoms. The van der Waals surface area contributed by atoms with Crippen LogP contribution < -0.4 is 21.0 Å². The molecule has 0 radical (unpaired) electrons. The number of aliphatic hydroxyl groups excluding tert-OH is 1. The summed E-state index contributed by atoms with van der Waals surface area (Å²) < 4.78 is 59.6. The smallest absolute Gasteiger partial charge is 0.414 e. The molecule has 2 aliphatic rings. The van der Waals surface area contributed by atoms with Gasteiger partial charge in [-0.2, -0.15) is 0 Å². The van der Waals surface area contributed by atoms with Crippen molar-refractivity contribution in [3.05, 3.63) is 23.8 Å². The number of carbonyl (C=O) groups is 1. The lowest BCUT2D eigenvalue weighted by Crippen LogP contribution is -2.45. The predicted octanol–water partition coefficient (Wildman–Crippen LogP) is -0.803. The Kier molecular flexibility index (Phi) is 6.53. The van der Waals surface area contributed by atoms with Gasteiger partial charge < -0.3 is 20.5 Å². The van der Waals surface area contributed by atoms with Crippen molar-refractivity contribution in [1.29, 1.82) is 0 Å². The SMILES string of the molecule is NC[C@H]1CN(c2cc(F)c(N3CCNN(S(=O)(=O)CCO)CC3)c(F)c2)C(=O)O1. The minimum atomic E-state index is -3.72. The highest BCUT2D eigenvalue weighted by Crippen LogP contribution is 2.31. The molecule has 2 fully saturated rings. The van der Waals surface area contributed by atoms with Gasteiger partial charge in [0.05, 0.1) is 24.6 Å².